The smallest absolute Gasteiger partial charge is 0.0766 e. The van der Waals surface area contributed by atoms with E-state index in [-0.39, 0.29) is 0 Å². The summed E-state index contributed by atoms with van der Waals surface area (Å²) in [4.78, 5) is 0. The summed E-state index contributed by atoms with van der Waals surface area (Å²) < 4.78 is 0. The fraction of sp³-hybridized carbons (Fsp3) is 1.00. The van der Waals surface area contributed by atoms with Crippen LogP contribution in [0.4, 0.5) is 0 Å². The Morgan fingerprint density at radius 1 is 1.25 bits per heavy atom. The summed E-state index contributed by atoms with van der Waals surface area (Å²) in [6.45, 7) is 7.85. The van der Waals surface area contributed by atoms with E-state index in [9.17, 15) is 5.11 Å². The van der Waals surface area contributed by atoms with Gasteiger partial charge in [-0.15, -0.1) is 0 Å². The van der Waals surface area contributed by atoms with Crippen molar-refractivity contribution in [3.63, 3.8) is 0 Å². The third-order valence-electron chi connectivity index (χ3n) is 4.18. The van der Waals surface area contributed by atoms with Gasteiger partial charge in [0.2, 0.25) is 0 Å². The molecule has 2 nitrogen and oxygen atoms in total. The Morgan fingerprint density at radius 3 is 2.44 bits per heavy atom. The van der Waals surface area contributed by atoms with Gasteiger partial charge in [0.25, 0.3) is 0 Å². The van der Waals surface area contributed by atoms with Gasteiger partial charge in [-0.05, 0) is 31.7 Å². The average Bonchev–Trinajstić information content (AvgIpc) is 2.26. The maximum absolute atomic E-state index is 10.1. The highest BCUT2D eigenvalue weighted by Crippen LogP contribution is 2.25. The molecule has 0 saturated heterocycles. The maximum atomic E-state index is 10.1. The van der Waals surface area contributed by atoms with Crippen LogP contribution in [0.25, 0.3) is 0 Å². The van der Waals surface area contributed by atoms with E-state index in [0.29, 0.717) is 5.92 Å². The Balaban J connectivity index is 2.06. The lowest BCUT2D eigenvalue weighted by atomic mass is 9.87. The van der Waals surface area contributed by atoms with Gasteiger partial charge >= 0.3 is 0 Å². The minimum absolute atomic E-state index is 0.315. The topological polar surface area (TPSA) is 32.3 Å². The van der Waals surface area contributed by atoms with Crippen molar-refractivity contribution in [3.05, 3.63) is 0 Å². The molecular formula is C14H29NO. The molecule has 1 aliphatic carbocycles. The fourth-order valence-electron chi connectivity index (χ4n) is 2.33. The zero-order valence-corrected chi connectivity index (χ0v) is 11.3. The van der Waals surface area contributed by atoms with E-state index in [1.165, 1.54) is 38.5 Å². The summed E-state index contributed by atoms with van der Waals surface area (Å²) in [5.74, 6) is 1.25. The van der Waals surface area contributed by atoms with Gasteiger partial charge < -0.3 is 10.4 Å². The van der Waals surface area contributed by atoms with Gasteiger partial charge in [-0.3, -0.25) is 0 Å². The Morgan fingerprint density at radius 2 is 1.88 bits per heavy atom. The molecule has 1 saturated carbocycles. The Labute approximate surface area is 101 Å². The van der Waals surface area contributed by atoms with Crippen molar-refractivity contribution in [2.45, 2.75) is 64.9 Å². The zero-order valence-electron chi connectivity index (χ0n) is 11.3. The van der Waals surface area contributed by atoms with Crippen LogP contribution in [0, 0.1) is 11.8 Å². The molecule has 16 heavy (non-hydrogen) atoms. The predicted octanol–water partition coefficient (Wildman–Crippen LogP) is 2.95. The normalized spacial score (nSPS) is 22.3. The van der Waals surface area contributed by atoms with Crippen molar-refractivity contribution in [3.8, 4) is 0 Å². The minimum atomic E-state index is -0.563. The van der Waals surface area contributed by atoms with Crippen LogP contribution in [0.1, 0.15) is 59.3 Å². The summed E-state index contributed by atoms with van der Waals surface area (Å²) in [7, 11) is 0. The second kappa shape index (κ2) is 6.61. The molecule has 1 unspecified atom stereocenters. The summed E-state index contributed by atoms with van der Waals surface area (Å²) in [6, 6.07) is 0. The van der Waals surface area contributed by atoms with Gasteiger partial charge in [-0.1, -0.05) is 46.0 Å². The van der Waals surface area contributed by atoms with Crippen LogP contribution in [0.15, 0.2) is 0 Å². The molecule has 1 aliphatic rings. The van der Waals surface area contributed by atoms with Crippen molar-refractivity contribution >= 4 is 0 Å². The van der Waals surface area contributed by atoms with Gasteiger partial charge in [0.1, 0.15) is 0 Å². The molecule has 2 N–H and O–H groups in total. The molecule has 0 bridgehead atoms. The molecule has 1 atom stereocenters. The molecule has 0 aliphatic heterocycles. The minimum Gasteiger partial charge on any atom is -0.389 e. The van der Waals surface area contributed by atoms with Crippen LogP contribution >= 0.6 is 0 Å². The third kappa shape index (κ3) is 4.84. The van der Waals surface area contributed by atoms with Gasteiger partial charge in [0.15, 0.2) is 0 Å². The van der Waals surface area contributed by atoms with Crippen molar-refractivity contribution in [2.75, 3.05) is 13.1 Å². The fourth-order valence-corrected chi connectivity index (χ4v) is 2.33. The number of hydrogen-bond donors (Lipinski definition) is 2. The maximum Gasteiger partial charge on any atom is 0.0766 e. The van der Waals surface area contributed by atoms with Gasteiger partial charge in [-0.2, -0.15) is 0 Å². The third-order valence-corrected chi connectivity index (χ3v) is 4.18. The van der Waals surface area contributed by atoms with E-state index < -0.39 is 5.60 Å². The molecule has 0 radical (unpaired) electrons. The van der Waals surface area contributed by atoms with Gasteiger partial charge in [0, 0.05) is 6.54 Å². The molecule has 0 aromatic heterocycles. The molecule has 0 heterocycles. The zero-order chi connectivity index (χ0) is 12.0. The number of nitrogens with one attached hydrogen (secondary N) is 1. The van der Waals surface area contributed by atoms with E-state index in [0.717, 1.165) is 19.0 Å². The Kier molecular flexibility index (Phi) is 5.77. The average molecular weight is 227 g/mol. The molecule has 2 heteroatoms. The van der Waals surface area contributed by atoms with E-state index in [2.05, 4.69) is 19.2 Å². The SMILES string of the molecule is CC(C)C(C)(O)CNCCC1CCCCC1. The molecule has 1 rings (SSSR count). The highest BCUT2D eigenvalue weighted by molar-refractivity contribution is 4.79. The second-order valence-corrected chi connectivity index (χ2v) is 5.98. The Bertz CT molecular complexity index is 183. The van der Waals surface area contributed by atoms with Crippen molar-refractivity contribution in [1.29, 1.82) is 0 Å². The van der Waals surface area contributed by atoms with Gasteiger partial charge in [-0.25, -0.2) is 0 Å². The highest BCUT2D eigenvalue weighted by atomic mass is 16.3. The van der Waals surface area contributed by atoms with Gasteiger partial charge in [0.05, 0.1) is 5.60 Å². The summed E-state index contributed by atoms with van der Waals surface area (Å²) in [6.07, 6.45) is 8.41. The first-order valence-electron chi connectivity index (χ1n) is 6.95. The van der Waals surface area contributed by atoms with Crippen molar-refractivity contribution < 1.29 is 5.11 Å². The predicted molar refractivity (Wildman–Crippen MR) is 69.5 cm³/mol. The largest absolute Gasteiger partial charge is 0.389 e. The highest BCUT2D eigenvalue weighted by Gasteiger charge is 2.24. The lowest BCUT2D eigenvalue weighted by molar-refractivity contribution is 0.0141. The lowest BCUT2D eigenvalue weighted by Gasteiger charge is -2.28. The van der Waals surface area contributed by atoms with E-state index in [1.807, 2.05) is 6.92 Å². The quantitative estimate of drug-likeness (QED) is 0.684. The summed E-state index contributed by atoms with van der Waals surface area (Å²) in [5, 5.41) is 13.5. The van der Waals surface area contributed by atoms with Crippen LogP contribution in [0.5, 0.6) is 0 Å². The molecule has 0 amide bonds. The van der Waals surface area contributed by atoms with Crippen LogP contribution in [-0.2, 0) is 0 Å². The summed E-state index contributed by atoms with van der Waals surface area (Å²) >= 11 is 0. The molecule has 96 valence electrons. The van der Waals surface area contributed by atoms with Crippen molar-refractivity contribution in [1.82, 2.24) is 5.32 Å². The molecule has 0 spiro atoms. The molecule has 1 fully saturated rings. The van der Waals surface area contributed by atoms with E-state index in [4.69, 9.17) is 0 Å². The first-order valence-corrected chi connectivity index (χ1v) is 6.95. The number of aliphatic hydroxyl groups is 1. The monoisotopic (exact) mass is 227 g/mol. The Hall–Kier alpha value is -0.0800. The standard InChI is InChI=1S/C14H29NO/c1-12(2)14(3,16)11-15-10-9-13-7-5-4-6-8-13/h12-13,15-16H,4-11H2,1-3H3. The van der Waals surface area contributed by atoms with E-state index in [1.54, 1.807) is 0 Å². The van der Waals surface area contributed by atoms with E-state index >= 15 is 0 Å². The van der Waals surface area contributed by atoms with Crippen LogP contribution in [0.3, 0.4) is 0 Å². The number of hydrogen-bond acceptors (Lipinski definition) is 2. The van der Waals surface area contributed by atoms with Crippen LogP contribution < -0.4 is 5.32 Å². The second-order valence-electron chi connectivity index (χ2n) is 5.98. The first-order chi connectivity index (χ1) is 7.52. The summed E-state index contributed by atoms with van der Waals surface area (Å²) in [5.41, 5.74) is -0.563. The van der Waals surface area contributed by atoms with Crippen LogP contribution in [0.2, 0.25) is 0 Å². The molecular weight excluding hydrogens is 198 g/mol. The molecule has 0 aromatic rings. The van der Waals surface area contributed by atoms with Crippen LogP contribution in [-0.4, -0.2) is 23.8 Å². The lowest BCUT2D eigenvalue weighted by Crippen LogP contribution is -2.42. The number of rotatable bonds is 6. The first kappa shape index (κ1) is 14.0. The molecule has 0 aromatic carbocycles. The van der Waals surface area contributed by atoms with Crippen molar-refractivity contribution in [2.24, 2.45) is 11.8 Å².